The van der Waals surface area contributed by atoms with Crippen molar-refractivity contribution in [2.45, 2.75) is 57.4 Å². The molecule has 1 aromatic rings. The smallest absolute Gasteiger partial charge is 0.239 e. The number of methoxy groups -OCH3 is 1. The predicted octanol–water partition coefficient (Wildman–Crippen LogP) is 3.28. The van der Waals surface area contributed by atoms with E-state index in [1.54, 1.807) is 7.11 Å². The Hall–Kier alpha value is -2.08. The van der Waals surface area contributed by atoms with Crippen LogP contribution in [0.25, 0.3) is 0 Å². The molecule has 6 nitrogen and oxygen atoms in total. The van der Waals surface area contributed by atoms with Gasteiger partial charge in [0.1, 0.15) is 5.75 Å². The quantitative estimate of drug-likeness (QED) is 0.652. The summed E-state index contributed by atoms with van der Waals surface area (Å²) < 4.78 is 5.41. The van der Waals surface area contributed by atoms with Gasteiger partial charge in [-0.2, -0.15) is 0 Å². The fourth-order valence-electron chi connectivity index (χ4n) is 7.37. The Balaban J connectivity index is 1.16. The van der Waals surface area contributed by atoms with Crippen LogP contribution in [0.2, 0.25) is 0 Å². The van der Waals surface area contributed by atoms with E-state index in [0.29, 0.717) is 6.54 Å². The first kappa shape index (κ1) is 21.7. The summed E-state index contributed by atoms with van der Waals surface area (Å²) in [5.41, 5.74) is 0.956. The van der Waals surface area contributed by atoms with E-state index < -0.39 is 0 Å². The van der Waals surface area contributed by atoms with Crippen molar-refractivity contribution in [1.82, 2.24) is 15.5 Å². The second-order valence-electron chi connectivity index (χ2n) is 10.7. The van der Waals surface area contributed by atoms with Gasteiger partial charge in [-0.05, 0) is 99.9 Å². The zero-order valence-corrected chi connectivity index (χ0v) is 19.3. The van der Waals surface area contributed by atoms with Crippen molar-refractivity contribution in [1.29, 1.82) is 0 Å². The molecule has 1 atom stereocenters. The summed E-state index contributed by atoms with van der Waals surface area (Å²) >= 11 is 0. The number of ether oxygens (including phenoxy) is 1. The van der Waals surface area contributed by atoms with Gasteiger partial charge in [-0.15, -0.1) is 0 Å². The molecule has 0 aromatic heterocycles. The number of rotatable bonds is 8. The summed E-state index contributed by atoms with van der Waals surface area (Å²) in [5.74, 6) is 3.03. The van der Waals surface area contributed by atoms with Gasteiger partial charge >= 0.3 is 0 Å². The number of benzene rings is 1. The molecule has 0 radical (unpaired) electrons. The van der Waals surface area contributed by atoms with Gasteiger partial charge in [-0.3, -0.25) is 14.5 Å². The molecule has 4 saturated carbocycles. The highest BCUT2D eigenvalue weighted by Gasteiger charge is 2.54. The number of carbonyl (C=O) groups is 2. The van der Waals surface area contributed by atoms with Crippen LogP contribution in [0.15, 0.2) is 24.3 Å². The molecule has 5 aliphatic rings. The van der Waals surface area contributed by atoms with E-state index in [9.17, 15) is 9.59 Å². The normalized spacial score (nSPS) is 32.0. The van der Waals surface area contributed by atoms with E-state index in [0.717, 1.165) is 61.4 Å². The third kappa shape index (κ3) is 4.39. The molecule has 0 spiro atoms. The lowest BCUT2D eigenvalue weighted by atomic mass is 9.49. The maximum absolute atomic E-state index is 13.1. The van der Waals surface area contributed by atoms with Crippen molar-refractivity contribution in [3.8, 4) is 5.75 Å². The molecule has 174 valence electrons. The second kappa shape index (κ2) is 9.05. The zero-order valence-electron chi connectivity index (χ0n) is 19.3. The van der Waals surface area contributed by atoms with E-state index in [1.807, 2.05) is 12.1 Å². The minimum absolute atomic E-state index is 0.0748. The number of likely N-dealkylation sites (tertiary alicyclic amines) is 1. The van der Waals surface area contributed by atoms with Gasteiger partial charge in [0.05, 0.1) is 19.7 Å². The Labute approximate surface area is 191 Å². The summed E-state index contributed by atoms with van der Waals surface area (Å²) in [6.45, 7) is 2.70. The van der Waals surface area contributed by atoms with Crippen LogP contribution >= 0.6 is 0 Å². The van der Waals surface area contributed by atoms with Crippen molar-refractivity contribution >= 4 is 11.8 Å². The molecule has 1 saturated heterocycles. The summed E-state index contributed by atoms with van der Waals surface area (Å²) in [7, 11) is 1.68. The van der Waals surface area contributed by atoms with Crippen molar-refractivity contribution in [2.75, 3.05) is 33.3 Å². The number of hydrogen-bond acceptors (Lipinski definition) is 4. The highest BCUT2D eigenvalue weighted by molar-refractivity contribution is 5.88. The first-order chi connectivity index (χ1) is 15.5. The minimum atomic E-state index is -0.201. The Bertz CT molecular complexity index is 813. The van der Waals surface area contributed by atoms with Crippen LogP contribution in [-0.4, -0.2) is 50.0 Å². The van der Waals surface area contributed by atoms with Crippen LogP contribution in [0.3, 0.4) is 0 Å². The molecular weight excluding hydrogens is 402 g/mol. The van der Waals surface area contributed by atoms with Crippen LogP contribution in [0.1, 0.15) is 63.0 Å². The molecule has 1 aliphatic heterocycles. The van der Waals surface area contributed by atoms with Crippen LogP contribution in [0.5, 0.6) is 5.75 Å². The van der Waals surface area contributed by atoms with Gasteiger partial charge in [-0.1, -0.05) is 12.1 Å². The summed E-state index contributed by atoms with van der Waals surface area (Å²) in [6.07, 6.45) is 9.41. The monoisotopic (exact) mass is 439 g/mol. The second-order valence-corrected chi connectivity index (χ2v) is 10.7. The molecule has 1 heterocycles. The average Bonchev–Trinajstić information content (AvgIpc) is 3.31. The Morgan fingerprint density at radius 2 is 1.72 bits per heavy atom. The van der Waals surface area contributed by atoms with Gasteiger partial charge in [0, 0.05) is 12.0 Å². The first-order valence-electron chi connectivity index (χ1n) is 12.5. The number of carbonyl (C=O) groups excluding carboxylic acids is 2. The third-order valence-electron chi connectivity index (χ3n) is 8.48. The standard InChI is InChI=1S/C26H37N3O3/c1-32-22-6-4-5-21(12-22)23(29-7-2-3-8-29)16-27-24(30)17-28-25(31)26-13-18-9-19(14-26)11-20(10-18)15-26/h4-6,12,18-20,23H,2-3,7-11,13-17H2,1H3,(H,27,30)(H,28,31). The molecule has 4 aliphatic carbocycles. The summed E-state index contributed by atoms with van der Waals surface area (Å²) in [5, 5.41) is 6.09. The van der Waals surface area contributed by atoms with E-state index in [2.05, 4.69) is 27.7 Å². The summed E-state index contributed by atoms with van der Waals surface area (Å²) in [4.78, 5) is 28.2. The van der Waals surface area contributed by atoms with Gasteiger partial charge in [-0.25, -0.2) is 0 Å². The van der Waals surface area contributed by atoms with Crippen LogP contribution in [0.4, 0.5) is 0 Å². The van der Waals surface area contributed by atoms with Crippen molar-refractivity contribution < 1.29 is 14.3 Å². The highest BCUT2D eigenvalue weighted by Crippen LogP contribution is 2.60. The van der Waals surface area contributed by atoms with Gasteiger partial charge in [0.15, 0.2) is 0 Å². The largest absolute Gasteiger partial charge is 0.497 e. The maximum Gasteiger partial charge on any atom is 0.239 e. The molecular formula is C26H37N3O3. The fourth-order valence-corrected chi connectivity index (χ4v) is 7.37. The number of nitrogens with one attached hydrogen (secondary N) is 2. The first-order valence-corrected chi connectivity index (χ1v) is 12.5. The summed E-state index contributed by atoms with van der Waals surface area (Å²) in [6, 6.07) is 8.24. The predicted molar refractivity (Wildman–Crippen MR) is 123 cm³/mol. The van der Waals surface area contributed by atoms with Crippen LogP contribution < -0.4 is 15.4 Å². The maximum atomic E-state index is 13.1. The number of hydrogen-bond donors (Lipinski definition) is 2. The van der Waals surface area contributed by atoms with Crippen LogP contribution in [0, 0.1) is 23.2 Å². The molecule has 32 heavy (non-hydrogen) atoms. The molecule has 5 fully saturated rings. The van der Waals surface area contributed by atoms with E-state index in [-0.39, 0.29) is 29.8 Å². The van der Waals surface area contributed by atoms with Crippen molar-refractivity contribution in [3.63, 3.8) is 0 Å². The Morgan fingerprint density at radius 1 is 1.06 bits per heavy atom. The molecule has 1 aromatic carbocycles. The molecule has 6 heteroatoms. The van der Waals surface area contributed by atoms with E-state index >= 15 is 0 Å². The lowest BCUT2D eigenvalue weighted by Crippen LogP contribution is -2.54. The topological polar surface area (TPSA) is 70.7 Å². The SMILES string of the molecule is COc1cccc(C(CNC(=O)CNC(=O)C23CC4CC(CC(C4)C2)C3)N2CCCC2)c1. The molecule has 2 N–H and O–H groups in total. The molecule has 4 bridgehead atoms. The van der Waals surface area contributed by atoms with Gasteiger partial charge < -0.3 is 15.4 Å². The van der Waals surface area contributed by atoms with Gasteiger partial charge in [0.25, 0.3) is 0 Å². The zero-order chi connectivity index (χ0) is 22.1. The van der Waals surface area contributed by atoms with Crippen LogP contribution in [-0.2, 0) is 9.59 Å². The number of amides is 2. The molecule has 1 unspecified atom stereocenters. The molecule has 2 amide bonds. The minimum Gasteiger partial charge on any atom is -0.497 e. The third-order valence-corrected chi connectivity index (χ3v) is 8.48. The Kier molecular flexibility index (Phi) is 6.15. The van der Waals surface area contributed by atoms with E-state index in [4.69, 9.17) is 4.74 Å². The van der Waals surface area contributed by atoms with E-state index in [1.165, 1.54) is 32.1 Å². The molecule has 6 rings (SSSR count). The van der Waals surface area contributed by atoms with Crippen molar-refractivity contribution in [3.05, 3.63) is 29.8 Å². The average molecular weight is 440 g/mol. The van der Waals surface area contributed by atoms with Crippen molar-refractivity contribution in [2.24, 2.45) is 23.2 Å². The number of nitrogens with zero attached hydrogens (tertiary/aromatic N) is 1. The fraction of sp³-hybridized carbons (Fsp3) is 0.692. The Morgan fingerprint density at radius 3 is 2.34 bits per heavy atom. The lowest BCUT2D eigenvalue weighted by Gasteiger charge is -2.55. The highest BCUT2D eigenvalue weighted by atomic mass is 16.5. The van der Waals surface area contributed by atoms with Gasteiger partial charge in [0.2, 0.25) is 11.8 Å². The lowest BCUT2D eigenvalue weighted by molar-refractivity contribution is -0.147.